The van der Waals surface area contributed by atoms with Gasteiger partial charge in [0.15, 0.2) is 0 Å². The summed E-state index contributed by atoms with van der Waals surface area (Å²) in [4.78, 5) is 0. The van der Waals surface area contributed by atoms with E-state index in [0.29, 0.717) is 5.92 Å². The van der Waals surface area contributed by atoms with Gasteiger partial charge in [0.05, 0.1) is 0 Å². The highest BCUT2D eigenvalue weighted by Gasteiger charge is 1.90. The minimum absolute atomic E-state index is 0.673. The Bertz CT molecular complexity index is 138. The molecule has 0 heterocycles. The maximum absolute atomic E-state index is 2.33. The highest BCUT2D eigenvalue weighted by atomic mass is 14.0. The van der Waals surface area contributed by atoms with Crippen molar-refractivity contribution in [1.29, 1.82) is 0 Å². The molecule has 0 rings (SSSR count). The lowest BCUT2D eigenvalue weighted by atomic mass is 10.1. The van der Waals surface area contributed by atoms with Gasteiger partial charge in [-0.25, -0.2) is 0 Å². The number of allylic oxidation sites excluding steroid dienone is 4. The molecule has 0 fully saturated rings. The predicted molar refractivity (Wildman–Crippen MR) is 52.6 cm³/mol. The van der Waals surface area contributed by atoms with Crippen molar-refractivity contribution in [3.05, 3.63) is 23.8 Å². The van der Waals surface area contributed by atoms with E-state index in [1.807, 2.05) is 0 Å². The molecule has 0 aliphatic heterocycles. The summed E-state index contributed by atoms with van der Waals surface area (Å²) >= 11 is 0. The Balaban J connectivity index is 4.04. The first kappa shape index (κ1) is 10.5. The first-order valence-corrected chi connectivity index (χ1v) is 4.57. The highest BCUT2D eigenvalue weighted by molar-refractivity contribution is 5.18. The maximum atomic E-state index is 2.33. The van der Waals surface area contributed by atoms with Crippen LogP contribution in [0.15, 0.2) is 23.8 Å². The second-order valence-electron chi connectivity index (χ2n) is 3.15. The van der Waals surface area contributed by atoms with Crippen LogP contribution >= 0.6 is 0 Å². The van der Waals surface area contributed by atoms with E-state index < -0.39 is 0 Å². The van der Waals surface area contributed by atoms with Crippen molar-refractivity contribution in [2.24, 2.45) is 5.92 Å². The number of rotatable bonds is 4. The lowest BCUT2D eigenvalue weighted by Crippen LogP contribution is -1.82. The Morgan fingerprint density at radius 2 is 1.91 bits per heavy atom. The second-order valence-corrected chi connectivity index (χ2v) is 3.15. The molecule has 0 radical (unpaired) electrons. The summed E-state index contributed by atoms with van der Waals surface area (Å²) in [5.41, 5.74) is 1.46. The minimum Gasteiger partial charge on any atom is -0.0845 e. The summed E-state index contributed by atoms with van der Waals surface area (Å²) in [6.45, 7) is 8.80. The first-order valence-electron chi connectivity index (χ1n) is 4.57. The fourth-order valence-electron chi connectivity index (χ4n) is 0.989. The van der Waals surface area contributed by atoms with Gasteiger partial charge in [-0.05, 0) is 18.8 Å². The molecule has 0 amide bonds. The largest absolute Gasteiger partial charge is 0.0845 e. The minimum atomic E-state index is 0.673. The van der Waals surface area contributed by atoms with Crippen LogP contribution in [0.2, 0.25) is 0 Å². The fraction of sp³-hybridized carbons (Fsp3) is 0.636. The molecule has 0 N–H and O–H groups in total. The molecule has 0 saturated heterocycles. The quantitative estimate of drug-likeness (QED) is 0.535. The van der Waals surface area contributed by atoms with Crippen molar-refractivity contribution in [2.45, 2.75) is 40.5 Å². The topological polar surface area (TPSA) is 0 Å². The van der Waals surface area contributed by atoms with E-state index in [1.54, 1.807) is 0 Å². The van der Waals surface area contributed by atoms with Crippen LogP contribution in [-0.4, -0.2) is 0 Å². The van der Waals surface area contributed by atoms with Crippen molar-refractivity contribution < 1.29 is 0 Å². The average Bonchev–Trinajstić information content (AvgIpc) is 1.97. The van der Waals surface area contributed by atoms with Gasteiger partial charge in [-0.2, -0.15) is 0 Å². The third-order valence-corrected chi connectivity index (χ3v) is 1.52. The van der Waals surface area contributed by atoms with Crippen LogP contribution < -0.4 is 0 Å². The molecule has 0 aromatic heterocycles. The molecule has 0 atom stereocenters. The summed E-state index contributed by atoms with van der Waals surface area (Å²) in [6.07, 6.45) is 9.06. The Labute approximate surface area is 71.0 Å². The molecule has 0 aliphatic carbocycles. The standard InChI is InChI=1S/C11H20/c1-5-7-8-11(6-2)9-10(3)4/h7-10H,5-6H2,1-4H3/b8-7-,11-9-. The number of hydrogen-bond acceptors (Lipinski definition) is 0. The molecule has 11 heavy (non-hydrogen) atoms. The summed E-state index contributed by atoms with van der Waals surface area (Å²) in [7, 11) is 0. The molecule has 0 unspecified atom stereocenters. The van der Waals surface area contributed by atoms with Crippen molar-refractivity contribution in [3.8, 4) is 0 Å². The molecule has 0 saturated carbocycles. The van der Waals surface area contributed by atoms with Crippen LogP contribution in [0.25, 0.3) is 0 Å². The average molecular weight is 152 g/mol. The molecule has 0 nitrogen and oxygen atoms in total. The van der Waals surface area contributed by atoms with Gasteiger partial charge in [-0.15, -0.1) is 0 Å². The monoisotopic (exact) mass is 152 g/mol. The second kappa shape index (κ2) is 6.21. The summed E-state index contributed by atoms with van der Waals surface area (Å²) < 4.78 is 0. The highest BCUT2D eigenvalue weighted by Crippen LogP contribution is 2.07. The van der Waals surface area contributed by atoms with Crippen LogP contribution in [0.5, 0.6) is 0 Å². The van der Waals surface area contributed by atoms with Gasteiger partial charge in [-0.3, -0.25) is 0 Å². The van der Waals surface area contributed by atoms with E-state index in [0.717, 1.165) is 12.8 Å². The Kier molecular flexibility index (Phi) is 5.91. The fourth-order valence-corrected chi connectivity index (χ4v) is 0.989. The third kappa shape index (κ3) is 5.90. The molecule has 0 heteroatoms. The molecule has 0 aromatic carbocycles. The zero-order valence-corrected chi connectivity index (χ0v) is 8.22. The van der Waals surface area contributed by atoms with Crippen molar-refractivity contribution in [1.82, 2.24) is 0 Å². The van der Waals surface area contributed by atoms with Gasteiger partial charge in [-0.1, -0.05) is 51.5 Å². The van der Waals surface area contributed by atoms with E-state index in [-0.39, 0.29) is 0 Å². The summed E-state index contributed by atoms with van der Waals surface area (Å²) in [6, 6.07) is 0. The first-order chi connectivity index (χ1) is 5.20. The van der Waals surface area contributed by atoms with Crippen LogP contribution in [0.4, 0.5) is 0 Å². The molecule has 64 valence electrons. The van der Waals surface area contributed by atoms with E-state index >= 15 is 0 Å². The molecule has 0 aliphatic rings. The summed E-state index contributed by atoms with van der Waals surface area (Å²) in [5, 5.41) is 0. The lowest BCUT2D eigenvalue weighted by molar-refractivity contribution is 0.818. The zero-order valence-electron chi connectivity index (χ0n) is 8.22. The van der Waals surface area contributed by atoms with E-state index in [2.05, 4.69) is 45.9 Å². The molecule has 0 bridgehead atoms. The smallest absolute Gasteiger partial charge is 0.0285 e. The van der Waals surface area contributed by atoms with Gasteiger partial charge in [0.1, 0.15) is 0 Å². The molecular weight excluding hydrogens is 132 g/mol. The Hall–Kier alpha value is -0.520. The zero-order chi connectivity index (χ0) is 8.69. The van der Waals surface area contributed by atoms with E-state index in [9.17, 15) is 0 Å². The maximum Gasteiger partial charge on any atom is -0.0285 e. The predicted octanol–water partition coefficient (Wildman–Crippen LogP) is 3.95. The van der Waals surface area contributed by atoms with Crippen LogP contribution in [0, 0.1) is 5.92 Å². The van der Waals surface area contributed by atoms with Gasteiger partial charge >= 0.3 is 0 Å². The molecular formula is C11H20. The van der Waals surface area contributed by atoms with Gasteiger partial charge in [0.25, 0.3) is 0 Å². The summed E-state index contributed by atoms with van der Waals surface area (Å²) in [5.74, 6) is 0.673. The lowest BCUT2D eigenvalue weighted by Gasteiger charge is -1.99. The van der Waals surface area contributed by atoms with E-state index in [1.165, 1.54) is 5.57 Å². The van der Waals surface area contributed by atoms with Gasteiger partial charge in [0, 0.05) is 0 Å². The van der Waals surface area contributed by atoms with Crippen molar-refractivity contribution in [2.75, 3.05) is 0 Å². The van der Waals surface area contributed by atoms with Gasteiger partial charge < -0.3 is 0 Å². The number of hydrogen-bond donors (Lipinski definition) is 0. The van der Waals surface area contributed by atoms with Crippen LogP contribution in [0.3, 0.4) is 0 Å². The normalized spacial score (nSPS) is 13.4. The van der Waals surface area contributed by atoms with Crippen LogP contribution in [0.1, 0.15) is 40.5 Å². The van der Waals surface area contributed by atoms with Crippen LogP contribution in [-0.2, 0) is 0 Å². The molecule has 0 aromatic rings. The third-order valence-electron chi connectivity index (χ3n) is 1.52. The van der Waals surface area contributed by atoms with Crippen molar-refractivity contribution >= 4 is 0 Å². The SMILES string of the molecule is CC/C=C\C(=C/C(C)C)CC. The molecule has 0 spiro atoms. The van der Waals surface area contributed by atoms with Crippen molar-refractivity contribution in [3.63, 3.8) is 0 Å². The Morgan fingerprint density at radius 1 is 1.27 bits per heavy atom. The van der Waals surface area contributed by atoms with E-state index in [4.69, 9.17) is 0 Å². The van der Waals surface area contributed by atoms with Gasteiger partial charge in [0.2, 0.25) is 0 Å². The Morgan fingerprint density at radius 3 is 2.27 bits per heavy atom.